The molecule has 0 aliphatic heterocycles. The number of ether oxygens (including phenoxy) is 1. The van der Waals surface area contributed by atoms with Crippen LogP contribution in [0.15, 0.2) is 88.8 Å². The van der Waals surface area contributed by atoms with Crippen LogP contribution in [-0.4, -0.2) is 31.3 Å². The van der Waals surface area contributed by atoms with E-state index >= 15 is 0 Å². The van der Waals surface area contributed by atoms with Crippen LogP contribution in [0.1, 0.15) is 12.8 Å². The van der Waals surface area contributed by atoms with Crippen LogP contribution in [0.4, 0.5) is 0 Å². The summed E-state index contributed by atoms with van der Waals surface area (Å²) in [5.74, 6) is 3.26. The molecule has 0 aliphatic carbocycles. The minimum Gasteiger partial charge on any atom is -0.494 e. The molecule has 5 rings (SSSR count). The quantitative estimate of drug-likeness (QED) is 0.236. The van der Waals surface area contributed by atoms with E-state index in [0.29, 0.717) is 40.0 Å². The van der Waals surface area contributed by atoms with Gasteiger partial charge in [-0.3, -0.25) is 9.55 Å². The van der Waals surface area contributed by atoms with Gasteiger partial charge in [0.15, 0.2) is 16.7 Å². The Bertz CT molecular complexity index is 1390. The van der Waals surface area contributed by atoms with Crippen LogP contribution in [-0.2, 0) is 5.75 Å². The molecule has 7 nitrogen and oxygen atoms in total. The first-order valence-corrected chi connectivity index (χ1v) is 12.0. The molecule has 0 amide bonds. The average Bonchev–Trinajstić information content (AvgIpc) is 3.51. The number of rotatable bonds is 8. The van der Waals surface area contributed by atoms with E-state index in [4.69, 9.17) is 20.8 Å². The largest absolute Gasteiger partial charge is 0.494 e. The number of hydrogen-bond donors (Lipinski definition) is 0. The first-order valence-electron chi connectivity index (χ1n) is 10.6. The van der Waals surface area contributed by atoms with Crippen molar-refractivity contribution in [3.63, 3.8) is 0 Å². The Morgan fingerprint density at radius 3 is 2.62 bits per heavy atom. The predicted molar refractivity (Wildman–Crippen MR) is 132 cm³/mol. The fourth-order valence-electron chi connectivity index (χ4n) is 3.41. The molecule has 0 saturated heterocycles. The SMILES string of the molecule is CCOc1ccc(-n2c(SCc3ncc(-c4cccc(Cl)c4)o3)nnc2-c2cccnc2)cc1. The van der Waals surface area contributed by atoms with Crippen LogP contribution < -0.4 is 4.74 Å². The lowest BCUT2D eigenvalue weighted by molar-refractivity contribution is 0.340. The highest BCUT2D eigenvalue weighted by atomic mass is 35.5. The fraction of sp³-hybridized carbons (Fsp3) is 0.120. The van der Waals surface area contributed by atoms with Gasteiger partial charge in [-0.05, 0) is 55.5 Å². The lowest BCUT2D eigenvalue weighted by Crippen LogP contribution is -2.00. The Morgan fingerprint density at radius 1 is 1.00 bits per heavy atom. The van der Waals surface area contributed by atoms with Gasteiger partial charge < -0.3 is 9.15 Å². The molecule has 3 aromatic heterocycles. The molecule has 3 heterocycles. The lowest BCUT2D eigenvalue weighted by atomic mass is 10.2. The number of pyridine rings is 1. The van der Waals surface area contributed by atoms with Gasteiger partial charge in [0.05, 0.1) is 18.6 Å². The van der Waals surface area contributed by atoms with E-state index in [-0.39, 0.29) is 0 Å². The van der Waals surface area contributed by atoms with E-state index in [1.165, 1.54) is 11.8 Å². The minimum absolute atomic E-state index is 0.489. The van der Waals surface area contributed by atoms with E-state index < -0.39 is 0 Å². The highest BCUT2D eigenvalue weighted by molar-refractivity contribution is 7.98. The molecule has 0 spiro atoms. The van der Waals surface area contributed by atoms with E-state index in [1.54, 1.807) is 18.6 Å². The summed E-state index contributed by atoms with van der Waals surface area (Å²) in [6.07, 6.45) is 5.21. The van der Waals surface area contributed by atoms with Crippen molar-refractivity contribution in [2.45, 2.75) is 17.8 Å². The summed E-state index contributed by atoms with van der Waals surface area (Å²) in [7, 11) is 0. The molecule has 0 radical (unpaired) electrons. The number of aromatic nitrogens is 5. The van der Waals surface area contributed by atoms with E-state index in [9.17, 15) is 0 Å². The molecule has 0 fully saturated rings. The maximum absolute atomic E-state index is 6.10. The van der Waals surface area contributed by atoms with Crippen molar-refractivity contribution in [3.05, 3.63) is 90.2 Å². The average molecular weight is 490 g/mol. The molecule has 170 valence electrons. The molecule has 0 bridgehead atoms. The maximum Gasteiger partial charge on any atom is 0.205 e. The molecule has 2 aromatic carbocycles. The molecule has 0 unspecified atom stereocenters. The van der Waals surface area contributed by atoms with E-state index in [1.807, 2.05) is 72.2 Å². The predicted octanol–water partition coefficient (Wildman–Crippen LogP) is 6.33. The third kappa shape index (κ3) is 4.83. The van der Waals surface area contributed by atoms with Gasteiger partial charge in [0, 0.05) is 34.2 Å². The summed E-state index contributed by atoms with van der Waals surface area (Å²) in [6, 6.07) is 19.2. The third-order valence-electron chi connectivity index (χ3n) is 4.95. The molecule has 0 saturated carbocycles. The van der Waals surface area contributed by atoms with Gasteiger partial charge >= 0.3 is 0 Å². The van der Waals surface area contributed by atoms with Crippen molar-refractivity contribution in [2.75, 3.05) is 6.61 Å². The lowest BCUT2D eigenvalue weighted by Gasteiger charge is -2.11. The van der Waals surface area contributed by atoms with Crippen LogP contribution in [0, 0.1) is 0 Å². The van der Waals surface area contributed by atoms with Crippen molar-refractivity contribution in [1.82, 2.24) is 24.7 Å². The number of halogens is 1. The zero-order valence-electron chi connectivity index (χ0n) is 18.3. The number of nitrogens with zero attached hydrogens (tertiary/aromatic N) is 5. The standard InChI is InChI=1S/C25H20ClN5O2S/c1-2-32-21-10-8-20(9-11-21)31-24(18-6-4-12-27-14-18)29-30-25(31)34-16-23-28-15-22(33-23)17-5-3-7-19(26)13-17/h3-15H,2,16H2,1H3. The summed E-state index contributed by atoms with van der Waals surface area (Å²) < 4.78 is 13.5. The fourth-order valence-corrected chi connectivity index (χ4v) is 4.41. The molecule has 0 N–H and O–H groups in total. The number of thioether (sulfide) groups is 1. The maximum atomic E-state index is 6.10. The molecule has 5 aromatic rings. The summed E-state index contributed by atoms with van der Waals surface area (Å²) in [6.45, 7) is 2.57. The monoisotopic (exact) mass is 489 g/mol. The van der Waals surface area contributed by atoms with Crippen molar-refractivity contribution < 1.29 is 9.15 Å². The Balaban J connectivity index is 1.43. The third-order valence-corrected chi connectivity index (χ3v) is 6.10. The van der Waals surface area contributed by atoms with Crippen LogP contribution in [0.25, 0.3) is 28.4 Å². The first-order chi connectivity index (χ1) is 16.7. The Labute approximate surface area is 205 Å². The number of hydrogen-bond acceptors (Lipinski definition) is 7. The number of oxazole rings is 1. The second-order valence-corrected chi connectivity index (χ2v) is 8.61. The number of benzene rings is 2. The van der Waals surface area contributed by atoms with Crippen molar-refractivity contribution >= 4 is 23.4 Å². The zero-order chi connectivity index (χ0) is 23.3. The van der Waals surface area contributed by atoms with Crippen LogP contribution >= 0.6 is 23.4 Å². The van der Waals surface area contributed by atoms with Gasteiger partial charge in [0.1, 0.15) is 5.75 Å². The van der Waals surface area contributed by atoms with Gasteiger partial charge in [0.25, 0.3) is 0 Å². The molecule has 0 aliphatic rings. The van der Waals surface area contributed by atoms with Crippen molar-refractivity contribution in [1.29, 1.82) is 0 Å². The van der Waals surface area contributed by atoms with E-state index in [0.717, 1.165) is 22.6 Å². The summed E-state index contributed by atoms with van der Waals surface area (Å²) in [4.78, 5) is 8.65. The molecule has 34 heavy (non-hydrogen) atoms. The van der Waals surface area contributed by atoms with Crippen LogP contribution in [0.2, 0.25) is 5.02 Å². The highest BCUT2D eigenvalue weighted by Crippen LogP contribution is 2.31. The molecular formula is C25H20ClN5O2S. The summed E-state index contributed by atoms with van der Waals surface area (Å²) in [5.41, 5.74) is 2.67. The summed E-state index contributed by atoms with van der Waals surface area (Å²) >= 11 is 7.59. The normalized spacial score (nSPS) is 11.0. The van der Waals surface area contributed by atoms with E-state index in [2.05, 4.69) is 20.2 Å². The van der Waals surface area contributed by atoms with Gasteiger partial charge in [-0.2, -0.15) is 0 Å². The first kappa shape index (κ1) is 22.2. The second kappa shape index (κ2) is 10.1. The van der Waals surface area contributed by atoms with Gasteiger partial charge in [-0.1, -0.05) is 35.5 Å². The Kier molecular flexibility index (Phi) is 6.60. The van der Waals surface area contributed by atoms with Crippen LogP contribution in [0.3, 0.4) is 0 Å². The van der Waals surface area contributed by atoms with Gasteiger partial charge in [0.2, 0.25) is 5.89 Å². The van der Waals surface area contributed by atoms with Crippen LogP contribution in [0.5, 0.6) is 5.75 Å². The minimum atomic E-state index is 0.489. The molecular weight excluding hydrogens is 470 g/mol. The summed E-state index contributed by atoms with van der Waals surface area (Å²) in [5, 5.41) is 10.3. The Morgan fingerprint density at radius 2 is 1.85 bits per heavy atom. The zero-order valence-corrected chi connectivity index (χ0v) is 19.8. The Hall–Kier alpha value is -3.62. The van der Waals surface area contributed by atoms with Gasteiger partial charge in [-0.15, -0.1) is 10.2 Å². The topological polar surface area (TPSA) is 78.9 Å². The smallest absolute Gasteiger partial charge is 0.205 e. The van der Waals surface area contributed by atoms with Crippen molar-refractivity contribution in [3.8, 4) is 34.1 Å². The molecule has 0 atom stereocenters. The molecule has 9 heteroatoms. The second-order valence-electron chi connectivity index (χ2n) is 7.23. The van der Waals surface area contributed by atoms with Crippen molar-refractivity contribution in [2.24, 2.45) is 0 Å². The van der Waals surface area contributed by atoms with Gasteiger partial charge in [-0.25, -0.2) is 4.98 Å². The highest BCUT2D eigenvalue weighted by Gasteiger charge is 2.18.